The van der Waals surface area contributed by atoms with Gasteiger partial charge in [0, 0.05) is 25.6 Å². The van der Waals surface area contributed by atoms with E-state index in [1.54, 1.807) is 0 Å². The van der Waals surface area contributed by atoms with E-state index in [1.165, 1.54) is 4.90 Å². The van der Waals surface area contributed by atoms with Crippen LogP contribution in [0.3, 0.4) is 0 Å². The van der Waals surface area contributed by atoms with Gasteiger partial charge in [0.25, 0.3) is 0 Å². The summed E-state index contributed by atoms with van der Waals surface area (Å²) in [5.41, 5.74) is -0.406. The number of hydrogen-bond acceptors (Lipinski definition) is 2. The maximum absolute atomic E-state index is 13.4. The molecule has 1 aromatic rings. The van der Waals surface area contributed by atoms with E-state index in [0.29, 0.717) is 19.5 Å². The number of nitrogens with one attached hydrogen (secondary N) is 1. The predicted octanol–water partition coefficient (Wildman–Crippen LogP) is 1.95. The summed E-state index contributed by atoms with van der Waals surface area (Å²) < 4.78 is 39.1. The highest BCUT2D eigenvalue weighted by Crippen LogP contribution is 2.21. The van der Waals surface area contributed by atoms with E-state index in [0.717, 1.165) is 12.1 Å². The zero-order valence-electron chi connectivity index (χ0n) is 10.00. The van der Waals surface area contributed by atoms with Gasteiger partial charge in [-0.05, 0) is 18.6 Å². The zero-order chi connectivity index (χ0) is 14.0. The molecule has 1 aromatic carbocycles. The molecule has 1 atom stereocenters. The Kier molecular flexibility index (Phi) is 3.94. The maximum Gasteiger partial charge on any atom is 0.321 e. The minimum Gasteiger partial charge on any atom is -0.396 e. The summed E-state index contributed by atoms with van der Waals surface area (Å²) in [4.78, 5) is 13.2. The number of nitrogens with zero attached hydrogens (tertiary/aromatic N) is 1. The average molecular weight is 274 g/mol. The van der Waals surface area contributed by atoms with Crippen LogP contribution < -0.4 is 5.32 Å². The number of anilines is 1. The molecule has 7 heteroatoms. The highest BCUT2D eigenvalue weighted by Gasteiger charge is 2.26. The van der Waals surface area contributed by atoms with Crippen molar-refractivity contribution in [1.82, 2.24) is 4.90 Å². The number of urea groups is 1. The number of hydrogen-bond donors (Lipinski definition) is 2. The Labute approximate surface area is 107 Å². The van der Waals surface area contributed by atoms with Crippen LogP contribution in [0.2, 0.25) is 0 Å². The fourth-order valence-electron chi connectivity index (χ4n) is 1.98. The normalized spacial score (nSPS) is 18.7. The van der Waals surface area contributed by atoms with Crippen LogP contribution in [0.15, 0.2) is 12.1 Å². The van der Waals surface area contributed by atoms with Crippen LogP contribution in [0, 0.1) is 23.4 Å². The molecule has 1 heterocycles. The third-order valence-electron chi connectivity index (χ3n) is 3.11. The average Bonchev–Trinajstić information content (AvgIpc) is 2.88. The first-order chi connectivity index (χ1) is 9.02. The first-order valence-corrected chi connectivity index (χ1v) is 5.83. The van der Waals surface area contributed by atoms with Crippen LogP contribution in [0.25, 0.3) is 0 Å². The summed E-state index contributed by atoms with van der Waals surface area (Å²) in [7, 11) is 0. The van der Waals surface area contributed by atoms with Crippen LogP contribution >= 0.6 is 0 Å². The van der Waals surface area contributed by atoms with Crippen molar-refractivity contribution in [2.45, 2.75) is 6.42 Å². The molecule has 2 N–H and O–H groups in total. The van der Waals surface area contributed by atoms with E-state index in [9.17, 15) is 18.0 Å². The van der Waals surface area contributed by atoms with Crippen molar-refractivity contribution in [2.24, 2.45) is 5.92 Å². The van der Waals surface area contributed by atoms with Gasteiger partial charge < -0.3 is 15.3 Å². The van der Waals surface area contributed by atoms with Crippen molar-refractivity contribution in [1.29, 1.82) is 0 Å². The molecule has 0 aromatic heterocycles. The molecule has 1 aliphatic rings. The van der Waals surface area contributed by atoms with E-state index < -0.39 is 29.2 Å². The summed E-state index contributed by atoms with van der Waals surface area (Å²) in [6.45, 7) is 0.763. The maximum atomic E-state index is 13.4. The van der Waals surface area contributed by atoms with Crippen molar-refractivity contribution in [3.05, 3.63) is 29.6 Å². The molecule has 2 rings (SSSR count). The molecular formula is C12H13F3N2O2. The molecule has 0 radical (unpaired) electrons. The van der Waals surface area contributed by atoms with Crippen LogP contribution in [-0.4, -0.2) is 35.7 Å². The van der Waals surface area contributed by atoms with E-state index in [1.807, 2.05) is 0 Å². The number of amides is 2. The number of rotatable bonds is 2. The number of halogens is 3. The molecule has 1 saturated heterocycles. The Bertz CT molecular complexity index is 496. The van der Waals surface area contributed by atoms with Crippen molar-refractivity contribution in [3.63, 3.8) is 0 Å². The molecule has 0 aliphatic carbocycles. The Morgan fingerprint density at radius 2 is 2.11 bits per heavy atom. The Balaban J connectivity index is 2.06. The molecule has 1 unspecified atom stereocenters. The van der Waals surface area contributed by atoms with Crippen molar-refractivity contribution < 1.29 is 23.1 Å². The lowest BCUT2D eigenvalue weighted by Crippen LogP contribution is -2.33. The number of likely N-dealkylation sites (tertiary alicyclic amines) is 1. The lowest BCUT2D eigenvalue weighted by Gasteiger charge is -2.17. The first-order valence-electron chi connectivity index (χ1n) is 5.83. The first kappa shape index (κ1) is 13.7. The Morgan fingerprint density at radius 1 is 1.37 bits per heavy atom. The molecular weight excluding hydrogens is 261 g/mol. The van der Waals surface area contributed by atoms with Crippen LogP contribution in [0.4, 0.5) is 23.7 Å². The molecule has 2 amide bonds. The summed E-state index contributed by atoms with van der Waals surface area (Å²) in [5.74, 6) is -4.35. The zero-order valence-corrected chi connectivity index (χ0v) is 10.00. The van der Waals surface area contributed by atoms with Gasteiger partial charge in [-0.15, -0.1) is 0 Å². The summed E-state index contributed by atoms with van der Waals surface area (Å²) >= 11 is 0. The smallest absolute Gasteiger partial charge is 0.321 e. The van der Waals surface area contributed by atoms with Crippen LogP contribution in [0.1, 0.15) is 6.42 Å². The summed E-state index contributed by atoms with van der Waals surface area (Å²) in [6, 6.07) is 1.11. The standard InChI is InChI=1S/C12H13F3N2O2/c13-8-1-2-9(11(15)10(8)14)16-12(19)17-4-3-7(5-17)6-18/h1-2,7,18H,3-6H2,(H,16,19). The second-order valence-corrected chi connectivity index (χ2v) is 4.44. The molecule has 0 saturated carbocycles. The van der Waals surface area contributed by atoms with Gasteiger partial charge in [-0.2, -0.15) is 0 Å². The van der Waals surface area contributed by atoms with Crippen LogP contribution in [0.5, 0.6) is 0 Å². The number of aliphatic hydroxyl groups excluding tert-OH is 1. The Hall–Kier alpha value is -1.76. The second-order valence-electron chi connectivity index (χ2n) is 4.44. The molecule has 0 bridgehead atoms. The van der Waals surface area contributed by atoms with Gasteiger partial charge in [0.2, 0.25) is 0 Å². The minimum absolute atomic E-state index is 0.000510. The third-order valence-corrected chi connectivity index (χ3v) is 3.11. The van der Waals surface area contributed by atoms with E-state index >= 15 is 0 Å². The number of carbonyl (C=O) groups excluding carboxylic acids is 1. The van der Waals surface area contributed by atoms with E-state index in [2.05, 4.69) is 5.32 Å². The lowest BCUT2D eigenvalue weighted by atomic mass is 10.1. The lowest BCUT2D eigenvalue weighted by molar-refractivity contribution is 0.208. The van der Waals surface area contributed by atoms with Crippen molar-refractivity contribution in [2.75, 3.05) is 25.0 Å². The number of aliphatic hydroxyl groups is 1. The highest BCUT2D eigenvalue weighted by molar-refractivity contribution is 5.89. The van der Waals surface area contributed by atoms with Gasteiger partial charge in [0.1, 0.15) is 0 Å². The molecule has 19 heavy (non-hydrogen) atoms. The van der Waals surface area contributed by atoms with Gasteiger partial charge in [-0.25, -0.2) is 18.0 Å². The highest BCUT2D eigenvalue weighted by atomic mass is 19.2. The molecule has 0 spiro atoms. The Morgan fingerprint density at radius 3 is 2.74 bits per heavy atom. The van der Waals surface area contributed by atoms with Gasteiger partial charge in [-0.1, -0.05) is 0 Å². The fraction of sp³-hybridized carbons (Fsp3) is 0.417. The van der Waals surface area contributed by atoms with Gasteiger partial charge in [-0.3, -0.25) is 0 Å². The van der Waals surface area contributed by atoms with Gasteiger partial charge in [0.05, 0.1) is 5.69 Å². The minimum atomic E-state index is -1.62. The van der Waals surface area contributed by atoms with Gasteiger partial charge >= 0.3 is 6.03 Å². The predicted molar refractivity (Wildman–Crippen MR) is 62.1 cm³/mol. The topological polar surface area (TPSA) is 52.6 Å². The quantitative estimate of drug-likeness (QED) is 0.810. The fourth-order valence-corrected chi connectivity index (χ4v) is 1.98. The van der Waals surface area contributed by atoms with Gasteiger partial charge in [0.15, 0.2) is 17.5 Å². The molecule has 4 nitrogen and oxygen atoms in total. The third kappa shape index (κ3) is 2.81. The number of carbonyl (C=O) groups is 1. The SMILES string of the molecule is O=C(Nc1ccc(F)c(F)c1F)N1CCC(CO)C1. The van der Waals surface area contributed by atoms with Crippen LogP contribution in [-0.2, 0) is 0 Å². The number of benzene rings is 1. The molecule has 1 aliphatic heterocycles. The summed E-state index contributed by atoms with van der Waals surface area (Å²) in [6.07, 6.45) is 0.657. The van der Waals surface area contributed by atoms with Crippen molar-refractivity contribution in [3.8, 4) is 0 Å². The second kappa shape index (κ2) is 5.48. The van der Waals surface area contributed by atoms with Crippen molar-refractivity contribution >= 4 is 11.7 Å². The largest absolute Gasteiger partial charge is 0.396 e. The monoisotopic (exact) mass is 274 g/mol. The summed E-state index contributed by atoms with van der Waals surface area (Å²) in [5, 5.41) is 11.1. The molecule has 104 valence electrons. The van der Waals surface area contributed by atoms with E-state index in [-0.39, 0.29) is 12.5 Å². The molecule has 1 fully saturated rings. The van der Waals surface area contributed by atoms with E-state index in [4.69, 9.17) is 5.11 Å².